The third kappa shape index (κ3) is 8.26. The molecule has 1 N–H and O–H groups in total. The number of benzene rings is 1. The molecule has 0 fully saturated rings. The smallest absolute Gasteiger partial charge is 0.0478 e. The lowest BCUT2D eigenvalue weighted by molar-refractivity contribution is 0.127. The Morgan fingerprint density at radius 3 is 2.44 bits per heavy atom. The van der Waals surface area contributed by atoms with E-state index in [4.69, 9.17) is 4.74 Å². The molecule has 0 saturated carbocycles. The normalized spacial score (nSPS) is 11.1. The van der Waals surface area contributed by atoms with Crippen molar-refractivity contribution in [3.8, 4) is 0 Å². The predicted octanol–water partition coefficient (Wildman–Crippen LogP) is 3.41. The molecule has 0 bridgehead atoms. The molecule has 0 amide bonds. The molecule has 0 atom stereocenters. The first-order valence-corrected chi connectivity index (χ1v) is 7.14. The van der Waals surface area contributed by atoms with E-state index >= 15 is 0 Å². The van der Waals surface area contributed by atoms with Crippen LogP contribution in [0.2, 0.25) is 0 Å². The number of ether oxygens (including phenoxy) is 1. The van der Waals surface area contributed by atoms with E-state index in [0.717, 1.165) is 32.6 Å². The van der Waals surface area contributed by atoms with Crippen molar-refractivity contribution in [2.75, 3.05) is 19.8 Å². The molecule has 0 radical (unpaired) electrons. The van der Waals surface area contributed by atoms with Gasteiger partial charge < -0.3 is 10.1 Å². The van der Waals surface area contributed by atoms with Crippen LogP contribution in [0.25, 0.3) is 0 Å². The van der Waals surface area contributed by atoms with Gasteiger partial charge in [-0.05, 0) is 37.8 Å². The molecule has 1 aromatic carbocycles. The van der Waals surface area contributed by atoms with E-state index in [2.05, 4.69) is 49.5 Å². The van der Waals surface area contributed by atoms with Crippen molar-refractivity contribution in [1.82, 2.24) is 5.32 Å². The molecule has 0 aliphatic rings. The minimum Gasteiger partial charge on any atom is -0.381 e. The summed E-state index contributed by atoms with van der Waals surface area (Å²) in [6.45, 7) is 7.18. The molecule has 0 heterocycles. The Labute approximate surface area is 112 Å². The maximum absolute atomic E-state index is 5.61. The number of unbranched alkanes of at least 4 members (excludes halogenated alkanes) is 1. The van der Waals surface area contributed by atoms with Gasteiger partial charge in [-0.25, -0.2) is 0 Å². The van der Waals surface area contributed by atoms with Crippen LogP contribution in [0.1, 0.15) is 38.7 Å². The van der Waals surface area contributed by atoms with Gasteiger partial charge in [0, 0.05) is 19.3 Å². The minimum absolute atomic E-state index is 0.580. The van der Waals surface area contributed by atoms with Crippen LogP contribution in [0.15, 0.2) is 30.3 Å². The largest absolute Gasteiger partial charge is 0.381 e. The first-order chi connectivity index (χ1) is 8.79. The average Bonchev–Trinajstić information content (AvgIpc) is 2.37. The number of nitrogens with one attached hydrogen (secondary N) is 1. The Balaban J connectivity index is 1.84. The van der Waals surface area contributed by atoms with Crippen molar-refractivity contribution in [3.63, 3.8) is 0 Å². The zero-order chi connectivity index (χ0) is 13.1. The number of aryl methyl sites for hydroxylation is 1. The molecule has 2 heteroatoms. The Morgan fingerprint density at radius 2 is 1.72 bits per heavy atom. The molecule has 0 saturated heterocycles. The molecule has 0 aliphatic heterocycles. The second-order valence-electron chi connectivity index (χ2n) is 5.02. The highest BCUT2D eigenvalue weighted by Crippen LogP contribution is 2.04. The molecule has 0 spiro atoms. The van der Waals surface area contributed by atoms with E-state index in [9.17, 15) is 0 Å². The van der Waals surface area contributed by atoms with Crippen molar-refractivity contribution in [1.29, 1.82) is 0 Å². The van der Waals surface area contributed by atoms with Crippen molar-refractivity contribution in [3.05, 3.63) is 35.9 Å². The standard InChI is InChI=1S/C16H27NO/c1-15(2)17-12-8-14-18-13-7-6-11-16-9-4-3-5-10-16/h3-5,9-10,15,17H,6-8,11-14H2,1-2H3. The van der Waals surface area contributed by atoms with Crippen LogP contribution in [0.3, 0.4) is 0 Å². The summed E-state index contributed by atoms with van der Waals surface area (Å²) in [5, 5.41) is 3.39. The van der Waals surface area contributed by atoms with Gasteiger partial charge in [-0.15, -0.1) is 0 Å². The summed E-state index contributed by atoms with van der Waals surface area (Å²) < 4.78 is 5.61. The van der Waals surface area contributed by atoms with Crippen molar-refractivity contribution in [2.45, 2.75) is 45.6 Å². The fourth-order valence-corrected chi connectivity index (χ4v) is 1.84. The lowest BCUT2D eigenvalue weighted by Crippen LogP contribution is -2.24. The quantitative estimate of drug-likeness (QED) is 0.642. The summed E-state index contributed by atoms with van der Waals surface area (Å²) in [5.74, 6) is 0. The Hall–Kier alpha value is -0.860. The SMILES string of the molecule is CC(C)NCCCOCCCCc1ccccc1. The molecule has 1 rings (SSSR count). The van der Waals surface area contributed by atoms with Gasteiger partial charge in [0.05, 0.1) is 0 Å². The summed E-state index contributed by atoms with van der Waals surface area (Å²) in [6.07, 6.45) is 4.65. The highest BCUT2D eigenvalue weighted by molar-refractivity contribution is 5.14. The predicted molar refractivity (Wildman–Crippen MR) is 78.0 cm³/mol. The highest BCUT2D eigenvalue weighted by atomic mass is 16.5. The number of hydrogen-bond acceptors (Lipinski definition) is 2. The lowest BCUT2D eigenvalue weighted by atomic mass is 10.1. The first-order valence-electron chi connectivity index (χ1n) is 7.14. The van der Waals surface area contributed by atoms with Gasteiger partial charge >= 0.3 is 0 Å². The van der Waals surface area contributed by atoms with Crippen LogP contribution in [0.4, 0.5) is 0 Å². The van der Waals surface area contributed by atoms with Gasteiger partial charge in [0.1, 0.15) is 0 Å². The Kier molecular flexibility index (Phi) is 8.53. The zero-order valence-electron chi connectivity index (χ0n) is 11.8. The van der Waals surface area contributed by atoms with Gasteiger partial charge in [-0.1, -0.05) is 44.2 Å². The number of hydrogen-bond donors (Lipinski definition) is 1. The summed E-state index contributed by atoms with van der Waals surface area (Å²) in [7, 11) is 0. The van der Waals surface area contributed by atoms with Crippen LogP contribution < -0.4 is 5.32 Å². The topological polar surface area (TPSA) is 21.3 Å². The number of rotatable bonds is 10. The third-order valence-electron chi connectivity index (χ3n) is 2.86. The van der Waals surface area contributed by atoms with E-state index < -0.39 is 0 Å². The van der Waals surface area contributed by atoms with Crippen LogP contribution in [-0.2, 0) is 11.2 Å². The van der Waals surface area contributed by atoms with Gasteiger partial charge in [0.15, 0.2) is 0 Å². The Bertz CT molecular complexity index is 284. The van der Waals surface area contributed by atoms with E-state index in [1.165, 1.54) is 18.4 Å². The summed E-state index contributed by atoms with van der Waals surface area (Å²) in [5.41, 5.74) is 1.43. The van der Waals surface area contributed by atoms with Crippen LogP contribution in [0, 0.1) is 0 Å². The molecule has 0 unspecified atom stereocenters. The fourth-order valence-electron chi connectivity index (χ4n) is 1.84. The third-order valence-corrected chi connectivity index (χ3v) is 2.86. The molecule has 2 nitrogen and oxygen atoms in total. The van der Waals surface area contributed by atoms with Gasteiger partial charge in [0.25, 0.3) is 0 Å². The van der Waals surface area contributed by atoms with Crippen molar-refractivity contribution in [2.24, 2.45) is 0 Å². The molecule has 1 aromatic rings. The average molecular weight is 249 g/mol. The van der Waals surface area contributed by atoms with Gasteiger partial charge in [-0.2, -0.15) is 0 Å². The maximum Gasteiger partial charge on any atom is 0.0478 e. The van der Waals surface area contributed by atoms with E-state index in [0.29, 0.717) is 6.04 Å². The van der Waals surface area contributed by atoms with Crippen LogP contribution >= 0.6 is 0 Å². The van der Waals surface area contributed by atoms with Crippen LogP contribution in [0.5, 0.6) is 0 Å². The monoisotopic (exact) mass is 249 g/mol. The van der Waals surface area contributed by atoms with Crippen LogP contribution in [-0.4, -0.2) is 25.8 Å². The molecule has 0 aromatic heterocycles. The van der Waals surface area contributed by atoms with E-state index in [1.807, 2.05) is 0 Å². The summed E-state index contributed by atoms with van der Waals surface area (Å²) in [4.78, 5) is 0. The van der Waals surface area contributed by atoms with Gasteiger partial charge in [-0.3, -0.25) is 0 Å². The maximum atomic E-state index is 5.61. The molecule has 102 valence electrons. The summed E-state index contributed by atoms with van der Waals surface area (Å²) >= 11 is 0. The van der Waals surface area contributed by atoms with Crippen molar-refractivity contribution < 1.29 is 4.74 Å². The minimum atomic E-state index is 0.580. The lowest BCUT2D eigenvalue weighted by Gasteiger charge is -2.08. The molecular formula is C16H27NO. The van der Waals surface area contributed by atoms with Crippen molar-refractivity contribution >= 4 is 0 Å². The highest BCUT2D eigenvalue weighted by Gasteiger charge is 1.94. The molecule has 18 heavy (non-hydrogen) atoms. The molecule has 0 aliphatic carbocycles. The Morgan fingerprint density at radius 1 is 1.00 bits per heavy atom. The zero-order valence-corrected chi connectivity index (χ0v) is 11.8. The first kappa shape index (κ1) is 15.2. The van der Waals surface area contributed by atoms with Gasteiger partial charge in [0.2, 0.25) is 0 Å². The van der Waals surface area contributed by atoms with E-state index in [-0.39, 0.29) is 0 Å². The fraction of sp³-hybridized carbons (Fsp3) is 0.625. The molecular weight excluding hydrogens is 222 g/mol. The summed E-state index contributed by atoms with van der Waals surface area (Å²) in [6, 6.07) is 11.2. The van der Waals surface area contributed by atoms with E-state index in [1.54, 1.807) is 0 Å². The second kappa shape index (κ2) is 10.1. The second-order valence-corrected chi connectivity index (χ2v) is 5.02.